The lowest BCUT2D eigenvalue weighted by atomic mass is 10.1. The standard InChI is InChI=1S/C18H17ClFN5O/c1-26-15-5-7-22-18(23-15)25-10-8-24(9-11-25)14-3-2-12-13(19)4-6-21-17(12)16(14)20/h2-7H,8-11H2,1H3. The van der Waals surface area contributed by atoms with Gasteiger partial charge in [-0.1, -0.05) is 11.6 Å². The summed E-state index contributed by atoms with van der Waals surface area (Å²) < 4.78 is 20.1. The molecule has 8 heteroatoms. The Labute approximate surface area is 155 Å². The molecule has 6 nitrogen and oxygen atoms in total. The molecule has 4 rings (SSSR count). The summed E-state index contributed by atoms with van der Waals surface area (Å²) in [6.45, 7) is 2.69. The smallest absolute Gasteiger partial charge is 0.228 e. The lowest BCUT2D eigenvalue weighted by Gasteiger charge is -2.36. The van der Waals surface area contributed by atoms with Crippen molar-refractivity contribution < 1.29 is 9.13 Å². The highest BCUT2D eigenvalue weighted by atomic mass is 35.5. The zero-order valence-electron chi connectivity index (χ0n) is 14.2. The van der Waals surface area contributed by atoms with E-state index >= 15 is 0 Å². The van der Waals surface area contributed by atoms with Gasteiger partial charge in [-0.2, -0.15) is 4.98 Å². The lowest BCUT2D eigenvalue weighted by Crippen LogP contribution is -2.47. The predicted octanol–water partition coefficient (Wildman–Crippen LogP) is 3.15. The number of hydrogen-bond acceptors (Lipinski definition) is 6. The predicted molar refractivity (Wildman–Crippen MR) is 99.7 cm³/mol. The molecule has 134 valence electrons. The summed E-state index contributed by atoms with van der Waals surface area (Å²) in [7, 11) is 1.58. The van der Waals surface area contributed by atoms with Gasteiger partial charge in [0.2, 0.25) is 11.8 Å². The second-order valence-electron chi connectivity index (χ2n) is 5.96. The number of rotatable bonds is 3. The molecule has 0 unspecified atom stereocenters. The van der Waals surface area contributed by atoms with Crippen molar-refractivity contribution in [2.75, 3.05) is 43.1 Å². The molecular formula is C18H17ClFN5O. The van der Waals surface area contributed by atoms with E-state index in [1.165, 1.54) is 6.20 Å². The number of ether oxygens (including phenoxy) is 1. The third kappa shape index (κ3) is 2.99. The first-order chi connectivity index (χ1) is 12.7. The molecule has 0 N–H and O–H groups in total. The monoisotopic (exact) mass is 373 g/mol. The van der Waals surface area contributed by atoms with Crippen LogP contribution in [0, 0.1) is 5.82 Å². The number of piperazine rings is 1. The first-order valence-electron chi connectivity index (χ1n) is 8.27. The van der Waals surface area contributed by atoms with Crippen molar-refractivity contribution >= 4 is 34.1 Å². The van der Waals surface area contributed by atoms with Gasteiger partial charge in [-0.15, -0.1) is 0 Å². The van der Waals surface area contributed by atoms with E-state index in [0.717, 1.165) is 0 Å². The number of fused-ring (bicyclic) bond motifs is 1. The van der Waals surface area contributed by atoms with E-state index in [1.807, 2.05) is 11.0 Å². The Morgan fingerprint density at radius 2 is 1.73 bits per heavy atom. The highest BCUT2D eigenvalue weighted by Crippen LogP contribution is 2.30. The fourth-order valence-electron chi connectivity index (χ4n) is 3.13. The van der Waals surface area contributed by atoms with Gasteiger partial charge in [-0.3, -0.25) is 4.98 Å². The van der Waals surface area contributed by atoms with Gasteiger partial charge in [0.05, 0.1) is 17.8 Å². The molecule has 1 aromatic carbocycles. The third-order valence-corrected chi connectivity index (χ3v) is 4.84. The fourth-order valence-corrected chi connectivity index (χ4v) is 3.34. The second kappa shape index (κ2) is 6.92. The van der Waals surface area contributed by atoms with E-state index in [1.54, 1.807) is 31.5 Å². The Kier molecular flexibility index (Phi) is 4.46. The highest BCUT2D eigenvalue weighted by molar-refractivity contribution is 6.35. The Hall–Kier alpha value is -2.67. The average molecular weight is 374 g/mol. The van der Waals surface area contributed by atoms with Gasteiger partial charge in [0.1, 0.15) is 5.52 Å². The summed E-state index contributed by atoms with van der Waals surface area (Å²) in [4.78, 5) is 16.9. The molecule has 0 atom stereocenters. The van der Waals surface area contributed by atoms with E-state index in [4.69, 9.17) is 16.3 Å². The van der Waals surface area contributed by atoms with Crippen molar-refractivity contribution in [3.8, 4) is 5.88 Å². The van der Waals surface area contributed by atoms with Crippen molar-refractivity contribution in [1.29, 1.82) is 0 Å². The molecule has 0 spiro atoms. The maximum atomic E-state index is 14.9. The average Bonchev–Trinajstić information content (AvgIpc) is 2.69. The minimum Gasteiger partial charge on any atom is -0.481 e. The molecule has 3 aromatic rings. The molecule has 0 radical (unpaired) electrons. The number of nitrogens with zero attached hydrogens (tertiary/aromatic N) is 5. The number of benzene rings is 1. The molecule has 1 aliphatic rings. The SMILES string of the molecule is COc1ccnc(N2CCN(c3ccc4c(Cl)ccnc4c3F)CC2)n1. The van der Waals surface area contributed by atoms with E-state index < -0.39 is 0 Å². The van der Waals surface area contributed by atoms with Gasteiger partial charge < -0.3 is 14.5 Å². The molecule has 0 aliphatic carbocycles. The molecule has 0 saturated carbocycles. The molecular weight excluding hydrogens is 357 g/mol. The van der Waals surface area contributed by atoms with Crippen LogP contribution in [0.1, 0.15) is 0 Å². The zero-order chi connectivity index (χ0) is 18.1. The highest BCUT2D eigenvalue weighted by Gasteiger charge is 2.23. The van der Waals surface area contributed by atoms with Crippen LogP contribution in [0.3, 0.4) is 0 Å². The lowest BCUT2D eigenvalue weighted by molar-refractivity contribution is 0.396. The molecule has 1 fully saturated rings. The number of anilines is 2. The Balaban J connectivity index is 1.55. The Bertz CT molecular complexity index is 946. The first kappa shape index (κ1) is 16.8. The minimum absolute atomic E-state index is 0.300. The van der Waals surface area contributed by atoms with Crippen LogP contribution in [0.15, 0.2) is 36.7 Å². The summed E-state index contributed by atoms with van der Waals surface area (Å²) in [5.41, 5.74) is 0.840. The summed E-state index contributed by atoms with van der Waals surface area (Å²) in [5.74, 6) is 0.813. The van der Waals surface area contributed by atoms with Gasteiger partial charge in [0, 0.05) is 50.0 Å². The Morgan fingerprint density at radius 3 is 2.50 bits per heavy atom. The van der Waals surface area contributed by atoms with Crippen LogP contribution >= 0.6 is 11.6 Å². The fraction of sp³-hybridized carbons (Fsp3) is 0.278. The summed E-state index contributed by atoms with van der Waals surface area (Å²) in [6, 6.07) is 6.96. The van der Waals surface area contributed by atoms with Gasteiger partial charge in [-0.05, 0) is 18.2 Å². The number of aromatic nitrogens is 3. The maximum Gasteiger partial charge on any atom is 0.228 e. The number of methoxy groups -OCH3 is 1. The molecule has 2 aromatic heterocycles. The number of pyridine rings is 1. The van der Waals surface area contributed by atoms with Crippen LogP contribution in [0.4, 0.5) is 16.0 Å². The summed E-state index contributed by atoms with van der Waals surface area (Å²) >= 11 is 6.13. The minimum atomic E-state index is -0.337. The molecule has 0 amide bonds. The van der Waals surface area contributed by atoms with E-state index in [0.29, 0.717) is 59.6 Å². The Morgan fingerprint density at radius 1 is 1.00 bits per heavy atom. The number of hydrogen-bond donors (Lipinski definition) is 0. The van der Waals surface area contributed by atoms with Gasteiger partial charge in [0.25, 0.3) is 0 Å². The molecule has 3 heterocycles. The van der Waals surface area contributed by atoms with Crippen LogP contribution in [0.25, 0.3) is 10.9 Å². The van der Waals surface area contributed by atoms with Crippen molar-refractivity contribution in [3.63, 3.8) is 0 Å². The largest absolute Gasteiger partial charge is 0.481 e. The second-order valence-corrected chi connectivity index (χ2v) is 6.37. The normalized spacial score (nSPS) is 14.7. The topological polar surface area (TPSA) is 54.4 Å². The van der Waals surface area contributed by atoms with Gasteiger partial charge in [0.15, 0.2) is 5.82 Å². The van der Waals surface area contributed by atoms with Crippen LogP contribution in [0.2, 0.25) is 5.02 Å². The van der Waals surface area contributed by atoms with Crippen LogP contribution in [-0.2, 0) is 0 Å². The van der Waals surface area contributed by atoms with Crippen molar-refractivity contribution in [1.82, 2.24) is 15.0 Å². The van der Waals surface area contributed by atoms with Gasteiger partial charge in [-0.25, -0.2) is 9.37 Å². The third-order valence-electron chi connectivity index (χ3n) is 4.51. The van der Waals surface area contributed by atoms with Crippen LogP contribution in [0.5, 0.6) is 5.88 Å². The van der Waals surface area contributed by atoms with Crippen molar-refractivity contribution in [2.45, 2.75) is 0 Å². The van der Waals surface area contributed by atoms with Crippen molar-refractivity contribution in [2.24, 2.45) is 0 Å². The van der Waals surface area contributed by atoms with Crippen molar-refractivity contribution in [3.05, 3.63) is 47.5 Å². The molecule has 26 heavy (non-hydrogen) atoms. The van der Waals surface area contributed by atoms with Gasteiger partial charge >= 0.3 is 0 Å². The molecule has 1 saturated heterocycles. The summed E-state index contributed by atoms with van der Waals surface area (Å²) in [5, 5.41) is 1.12. The summed E-state index contributed by atoms with van der Waals surface area (Å²) in [6.07, 6.45) is 3.20. The quantitative estimate of drug-likeness (QED) is 0.703. The maximum absolute atomic E-state index is 14.9. The first-order valence-corrected chi connectivity index (χ1v) is 8.65. The molecule has 1 aliphatic heterocycles. The van der Waals surface area contributed by atoms with E-state index in [9.17, 15) is 4.39 Å². The van der Waals surface area contributed by atoms with Crippen LogP contribution < -0.4 is 14.5 Å². The molecule has 0 bridgehead atoms. The van der Waals surface area contributed by atoms with Crippen LogP contribution in [-0.4, -0.2) is 48.2 Å². The zero-order valence-corrected chi connectivity index (χ0v) is 14.9. The van der Waals surface area contributed by atoms with E-state index in [-0.39, 0.29) is 5.82 Å². The van der Waals surface area contributed by atoms with E-state index in [2.05, 4.69) is 19.9 Å². The number of halogens is 2.